The summed E-state index contributed by atoms with van der Waals surface area (Å²) < 4.78 is 6.47. The highest BCUT2D eigenvalue weighted by Gasteiger charge is 2.34. The standard InChI is InChI=1S/C22H36OS2/c1-2-3-4-5-6-7-8-12-18-23-22(24-19-13-20-25-22)17-16-21-14-10-9-11-15-21/h9-11,14-15H,2-8,12-13,16-20H2,1H3. The summed E-state index contributed by atoms with van der Waals surface area (Å²) in [4.78, 5) is 0. The molecule has 0 unspecified atom stereocenters. The van der Waals surface area contributed by atoms with Gasteiger partial charge in [-0.15, -0.1) is 23.5 Å². The molecule has 1 aliphatic heterocycles. The van der Waals surface area contributed by atoms with Gasteiger partial charge in [0.2, 0.25) is 0 Å². The number of benzene rings is 1. The molecule has 0 aromatic heterocycles. The van der Waals surface area contributed by atoms with Crippen LogP contribution >= 0.6 is 23.5 Å². The van der Waals surface area contributed by atoms with Crippen LogP contribution in [0.4, 0.5) is 0 Å². The lowest BCUT2D eigenvalue weighted by molar-refractivity contribution is 0.0796. The highest BCUT2D eigenvalue weighted by atomic mass is 32.2. The summed E-state index contributed by atoms with van der Waals surface area (Å²) >= 11 is 4.10. The van der Waals surface area contributed by atoms with Crippen molar-refractivity contribution < 1.29 is 4.74 Å². The molecule has 0 saturated carbocycles. The van der Waals surface area contributed by atoms with Gasteiger partial charge in [0, 0.05) is 6.61 Å². The largest absolute Gasteiger partial charge is 0.355 e. The van der Waals surface area contributed by atoms with Gasteiger partial charge in [0.25, 0.3) is 0 Å². The van der Waals surface area contributed by atoms with Gasteiger partial charge in [-0.3, -0.25) is 0 Å². The molecule has 1 aromatic rings. The fraction of sp³-hybridized carbons (Fsp3) is 0.727. The highest BCUT2D eigenvalue weighted by molar-refractivity contribution is 8.18. The molecule has 1 saturated heterocycles. The number of ether oxygens (including phenoxy) is 1. The topological polar surface area (TPSA) is 9.23 Å². The first-order valence-electron chi connectivity index (χ1n) is 10.3. The first kappa shape index (κ1) is 21.2. The summed E-state index contributed by atoms with van der Waals surface area (Å²) in [5.74, 6) is 2.50. The summed E-state index contributed by atoms with van der Waals surface area (Å²) in [5.41, 5.74) is 1.43. The molecule has 0 radical (unpaired) electrons. The van der Waals surface area contributed by atoms with Gasteiger partial charge < -0.3 is 4.74 Å². The number of thioether (sulfide) groups is 2. The Bertz CT molecular complexity index is 429. The number of unbranched alkanes of at least 4 members (excludes halogenated alkanes) is 7. The minimum atomic E-state index is 0.00914. The van der Waals surface area contributed by atoms with E-state index in [0.29, 0.717) is 0 Å². The average Bonchev–Trinajstić information content (AvgIpc) is 2.67. The molecule has 0 N–H and O–H groups in total. The molecule has 1 aliphatic rings. The lowest BCUT2D eigenvalue weighted by Gasteiger charge is -2.36. The van der Waals surface area contributed by atoms with Crippen LogP contribution in [0.15, 0.2) is 30.3 Å². The molecule has 2 rings (SSSR count). The smallest absolute Gasteiger partial charge is 0.160 e. The number of hydrogen-bond acceptors (Lipinski definition) is 3. The van der Waals surface area contributed by atoms with E-state index in [1.807, 2.05) is 23.5 Å². The van der Waals surface area contributed by atoms with Crippen molar-refractivity contribution in [3.05, 3.63) is 35.9 Å². The third-order valence-electron chi connectivity index (χ3n) is 4.82. The van der Waals surface area contributed by atoms with E-state index in [2.05, 4.69) is 37.3 Å². The van der Waals surface area contributed by atoms with Crippen molar-refractivity contribution in [3.8, 4) is 0 Å². The molecule has 1 aromatic carbocycles. The van der Waals surface area contributed by atoms with Gasteiger partial charge >= 0.3 is 0 Å². The molecular formula is C22H36OS2. The Morgan fingerprint density at radius 2 is 1.52 bits per heavy atom. The van der Waals surface area contributed by atoms with E-state index in [4.69, 9.17) is 4.74 Å². The number of rotatable bonds is 13. The van der Waals surface area contributed by atoms with E-state index in [-0.39, 0.29) is 4.27 Å². The van der Waals surface area contributed by atoms with Gasteiger partial charge in [0.15, 0.2) is 4.27 Å². The summed E-state index contributed by atoms with van der Waals surface area (Å²) in [6, 6.07) is 10.9. The Labute approximate surface area is 164 Å². The Morgan fingerprint density at radius 3 is 2.20 bits per heavy atom. The van der Waals surface area contributed by atoms with Gasteiger partial charge in [-0.1, -0.05) is 82.2 Å². The molecule has 0 bridgehead atoms. The van der Waals surface area contributed by atoms with Crippen molar-refractivity contribution in [2.24, 2.45) is 0 Å². The fourth-order valence-electron chi connectivity index (χ4n) is 3.26. The fourth-order valence-corrected chi connectivity index (χ4v) is 6.30. The zero-order chi connectivity index (χ0) is 17.6. The third kappa shape index (κ3) is 8.88. The molecule has 1 nitrogen and oxygen atoms in total. The van der Waals surface area contributed by atoms with Crippen LogP contribution in [0.3, 0.4) is 0 Å². The Kier molecular flexibility index (Phi) is 11.1. The van der Waals surface area contributed by atoms with Crippen LogP contribution in [0.2, 0.25) is 0 Å². The summed E-state index contributed by atoms with van der Waals surface area (Å²) in [5, 5.41) is 0. The van der Waals surface area contributed by atoms with E-state index < -0.39 is 0 Å². The van der Waals surface area contributed by atoms with Crippen molar-refractivity contribution in [2.75, 3.05) is 18.1 Å². The Hall–Kier alpha value is -0.120. The van der Waals surface area contributed by atoms with Crippen LogP contribution < -0.4 is 0 Å². The summed E-state index contributed by atoms with van der Waals surface area (Å²) in [6.45, 7) is 3.22. The predicted octanol–water partition coefficient (Wildman–Crippen LogP) is 7.30. The molecule has 0 aliphatic carbocycles. The van der Waals surface area contributed by atoms with Gasteiger partial charge in [0.1, 0.15) is 0 Å². The van der Waals surface area contributed by atoms with Crippen LogP contribution in [0.5, 0.6) is 0 Å². The van der Waals surface area contributed by atoms with Crippen molar-refractivity contribution in [1.29, 1.82) is 0 Å². The molecular weight excluding hydrogens is 344 g/mol. The van der Waals surface area contributed by atoms with E-state index in [1.54, 1.807) is 0 Å². The molecule has 1 heterocycles. The second-order valence-electron chi connectivity index (χ2n) is 7.04. The van der Waals surface area contributed by atoms with E-state index in [9.17, 15) is 0 Å². The van der Waals surface area contributed by atoms with Crippen LogP contribution in [-0.4, -0.2) is 22.4 Å². The normalized spacial score (nSPS) is 16.8. The second-order valence-corrected chi connectivity index (χ2v) is 10.0. The quantitative estimate of drug-likeness (QED) is 0.332. The van der Waals surface area contributed by atoms with Gasteiger partial charge in [-0.2, -0.15) is 0 Å². The van der Waals surface area contributed by atoms with Crippen LogP contribution in [0.1, 0.15) is 76.7 Å². The second kappa shape index (κ2) is 13.1. The highest BCUT2D eigenvalue weighted by Crippen LogP contribution is 2.46. The molecule has 0 spiro atoms. The molecule has 142 valence electrons. The van der Waals surface area contributed by atoms with E-state index >= 15 is 0 Å². The maximum Gasteiger partial charge on any atom is 0.160 e. The van der Waals surface area contributed by atoms with Crippen molar-refractivity contribution in [3.63, 3.8) is 0 Å². The maximum atomic E-state index is 6.46. The van der Waals surface area contributed by atoms with E-state index in [0.717, 1.165) is 19.4 Å². The molecule has 0 amide bonds. The van der Waals surface area contributed by atoms with Gasteiger partial charge in [0.05, 0.1) is 0 Å². The average molecular weight is 381 g/mol. The first-order chi connectivity index (χ1) is 12.3. The Morgan fingerprint density at radius 1 is 0.880 bits per heavy atom. The molecule has 25 heavy (non-hydrogen) atoms. The third-order valence-corrected chi connectivity index (χ3v) is 8.03. The number of aryl methyl sites for hydroxylation is 1. The summed E-state index contributed by atoms with van der Waals surface area (Å²) in [7, 11) is 0. The minimum absolute atomic E-state index is 0.00914. The van der Waals surface area contributed by atoms with Crippen molar-refractivity contribution >= 4 is 23.5 Å². The van der Waals surface area contributed by atoms with Crippen LogP contribution in [-0.2, 0) is 11.2 Å². The monoisotopic (exact) mass is 380 g/mol. The number of hydrogen-bond donors (Lipinski definition) is 0. The van der Waals surface area contributed by atoms with Gasteiger partial charge in [-0.25, -0.2) is 0 Å². The minimum Gasteiger partial charge on any atom is -0.355 e. The van der Waals surface area contributed by atoms with Crippen LogP contribution in [0, 0.1) is 0 Å². The van der Waals surface area contributed by atoms with E-state index in [1.165, 1.54) is 74.9 Å². The van der Waals surface area contributed by atoms with Crippen LogP contribution in [0.25, 0.3) is 0 Å². The predicted molar refractivity (Wildman–Crippen MR) is 116 cm³/mol. The maximum absolute atomic E-state index is 6.46. The SMILES string of the molecule is CCCCCCCCCCOC1(CCc2ccccc2)SCCCS1. The lowest BCUT2D eigenvalue weighted by Crippen LogP contribution is -2.30. The lowest BCUT2D eigenvalue weighted by atomic mass is 10.1. The molecule has 1 fully saturated rings. The Balaban J connectivity index is 1.64. The molecule has 3 heteroatoms. The van der Waals surface area contributed by atoms with Crippen molar-refractivity contribution in [2.45, 2.75) is 81.8 Å². The molecule has 0 atom stereocenters. The van der Waals surface area contributed by atoms with Crippen molar-refractivity contribution in [1.82, 2.24) is 0 Å². The zero-order valence-corrected chi connectivity index (χ0v) is 17.6. The first-order valence-corrected chi connectivity index (χ1v) is 12.3. The zero-order valence-electron chi connectivity index (χ0n) is 16.0. The summed E-state index contributed by atoms with van der Waals surface area (Å²) in [6.07, 6.45) is 14.5. The van der Waals surface area contributed by atoms with Gasteiger partial charge in [-0.05, 0) is 42.8 Å².